The number of carbonyl (C=O) groups excluding carboxylic acids is 5. The highest BCUT2D eigenvalue weighted by Crippen LogP contribution is 2.24. The molecule has 0 spiro atoms. The van der Waals surface area contributed by atoms with Gasteiger partial charge in [0.15, 0.2) is 0 Å². The van der Waals surface area contributed by atoms with Crippen molar-refractivity contribution in [1.29, 1.82) is 0 Å². The number of methoxy groups -OCH3 is 1. The average Bonchev–Trinajstić information content (AvgIpc) is 3.03. The smallest absolute Gasteiger partial charge is 0.338 e. The van der Waals surface area contributed by atoms with E-state index in [1.807, 2.05) is 32.3 Å². The highest BCUT2D eigenvalue weighted by molar-refractivity contribution is 8.76. The second-order valence-corrected chi connectivity index (χ2v) is 14.0. The molecule has 3 N–H and O–H groups in total. The summed E-state index contributed by atoms with van der Waals surface area (Å²) in [5.74, 6) is -0.821. The molecule has 1 heterocycles. The molecule has 2 rings (SSSR count). The molecule has 3 amide bonds. The Hall–Kier alpha value is -2.64. The molecule has 244 valence electrons. The summed E-state index contributed by atoms with van der Waals surface area (Å²) in [4.78, 5) is 65.3. The average molecular weight is 668 g/mol. The molecule has 0 saturated heterocycles. The van der Waals surface area contributed by atoms with Crippen LogP contribution in [0.15, 0.2) is 42.5 Å². The highest BCUT2D eigenvalue weighted by atomic mass is 33.1. The van der Waals surface area contributed by atoms with E-state index in [2.05, 4.69) is 16.0 Å². The number of rotatable bonds is 12. The van der Waals surface area contributed by atoms with Gasteiger partial charge in [0, 0.05) is 17.9 Å². The summed E-state index contributed by atoms with van der Waals surface area (Å²) in [6.07, 6.45) is 7.35. The lowest BCUT2D eigenvalue weighted by molar-refractivity contribution is -0.144. The van der Waals surface area contributed by atoms with Crippen LogP contribution in [-0.4, -0.2) is 84.5 Å². The van der Waals surface area contributed by atoms with Crippen molar-refractivity contribution in [2.75, 3.05) is 30.6 Å². The second-order valence-electron chi connectivity index (χ2n) is 10.4. The zero-order chi connectivity index (χ0) is 32.3. The first-order chi connectivity index (χ1) is 21.2. The third kappa shape index (κ3) is 13.6. The van der Waals surface area contributed by atoms with Crippen molar-refractivity contribution < 1.29 is 33.4 Å². The Balaban J connectivity index is 2.33. The SMILES string of the molecule is CC[C@@H](C)C(NC(=O)[C@H]1CSSCC/C=C/CCC(=O)N[C@H](CCSC)C(=O)N1)[C@H](CC(=O)OC)OC(=O)c1ccccc1. The third-order valence-corrected chi connectivity index (χ3v) is 10.2. The van der Waals surface area contributed by atoms with Crippen LogP contribution in [0.5, 0.6) is 0 Å². The number of benzene rings is 1. The maximum atomic E-state index is 13.9. The van der Waals surface area contributed by atoms with Crippen LogP contribution in [-0.2, 0) is 28.7 Å². The number of hydrogen-bond donors (Lipinski definition) is 3. The Morgan fingerprint density at radius 2 is 1.82 bits per heavy atom. The zero-order valence-electron chi connectivity index (χ0n) is 25.9. The van der Waals surface area contributed by atoms with Gasteiger partial charge in [0.2, 0.25) is 17.7 Å². The highest BCUT2D eigenvalue weighted by Gasteiger charge is 2.36. The van der Waals surface area contributed by atoms with E-state index in [-0.39, 0.29) is 30.4 Å². The minimum atomic E-state index is -1.02. The molecule has 0 saturated carbocycles. The number of allylic oxidation sites excluding steroid dienone is 2. The van der Waals surface area contributed by atoms with Gasteiger partial charge in [0.1, 0.15) is 18.2 Å². The summed E-state index contributed by atoms with van der Waals surface area (Å²) in [7, 11) is 4.31. The standard InChI is InChI=1S/C31H45N3O7S3/c1-5-21(2)28(25(19-27(36)40-3)41-31(39)22-13-9-8-10-14-22)34-30(38)24-20-44-43-17-12-7-6-11-15-26(35)32-23(16-18-42-4)29(37)33-24/h6-10,13-14,21,23-25,28H,5,11-12,15-20H2,1-4H3,(H,32,35)(H,33,37)(H,34,38)/b7-6+/t21-,23-,24-,25+,28?/m1/s1. The minimum Gasteiger partial charge on any atom is -0.469 e. The molecule has 0 aliphatic carbocycles. The zero-order valence-corrected chi connectivity index (χ0v) is 28.3. The van der Waals surface area contributed by atoms with Gasteiger partial charge in [-0.15, -0.1) is 0 Å². The maximum absolute atomic E-state index is 13.9. The normalized spacial score (nSPS) is 21.2. The van der Waals surface area contributed by atoms with E-state index < -0.39 is 48.0 Å². The van der Waals surface area contributed by atoms with Crippen molar-refractivity contribution in [3.8, 4) is 0 Å². The van der Waals surface area contributed by atoms with Crippen LogP contribution in [0.1, 0.15) is 62.7 Å². The largest absolute Gasteiger partial charge is 0.469 e. The second kappa shape index (κ2) is 21.2. The predicted octanol–water partition coefficient (Wildman–Crippen LogP) is 4.15. The molecule has 1 aliphatic heterocycles. The van der Waals surface area contributed by atoms with Gasteiger partial charge in [0.05, 0.1) is 25.1 Å². The van der Waals surface area contributed by atoms with Crippen LogP contribution in [0.4, 0.5) is 0 Å². The number of ether oxygens (including phenoxy) is 2. The van der Waals surface area contributed by atoms with Crippen LogP contribution in [0, 0.1) is 5.92 Å². The summed E-state index contributed by atoms with van der Waals surface area (Å²) in [6.45, 7) is 3.83. The van der Waals surface area contributed by atoms with Gasteiger partial charge < -0.3 is 25.4 Å². The van der Waals surface area contributed by atoms with Gasteiger partial charge in [-0.05, 0) is 49.3 Å². The number of hydrogen-bond acceptors (Lipinski definition) is 10. The Morgan fingerprint density at radius 3 is 2.50 bits per heavy atom. The quantitative estimate of drug-likeness (QED) is 0.169. The van der Waals surface area contributed by atoms with Gasteiger partial charge in [-0.2, -0.15) is 11.8 Å². The van der Waals surface area contributed by atoms with Crippen LogP contribution < -0.4 is 16.0 Å². The van der Waals surface area contributed by atoms with Crippen LogP contribution >= 0.6 is 33.3 Å². The number of nitrogens with one attached hydrogen (secondary N) is 3. The summed E-state index contributed by atoms with van der Waals surface area (Å²) in [5, 5.41) is 8.68. The van der Waals surface area contributed by atoms with Gasteiger partial charge >= 0.3 is 11.9 Å². The summed E-state index contributed by atoms with van der Waals surface area (Å²) >= 11 is 1.56. The predicted molar refractivity (Wildman–Crippen MR) is 178 cm³/mol. The summed E-state index contributed by atoms with van der Waals surface area (Å²) in [6, 6.07) is 5.93. The van der Waals surface area contributed by atoms with Crippen molar-refractivity contribution in [2.45, 2.75) is 76.6 Å². The van der Waals surface area contributed by atoms with Crippen LogP contribution in [0.2, 0.25) is 0 Å². The molecule has 5 atom stereocenters. The molecule has 0 aromatic heterocycles. The van der Waals surface area contributed by atoms with E-state index in [0.717, 1.165) is 12.2 Å². The van der Waals surface area contributed by atoms with E-state index in [4.69, 9.17) is 9.47 Å². The van der Waals surface area contributed by atoms with Crippen molar-refractivity contribution in [3.63, 3.8) is 0 Å². The Bertz CT molecular complexity index is 1110. The topological polar surface area (TPSA) is 140 Å². The maximum Gasteiger partial charge on any atom is 0.338 e. The third-order valence-electron chi connectivity index (χ3n) is 7.12. The van der Waals surface area contributed by atoms with Gasteiger partial charge in [-0.1, -0.05) is 72.2 Å². The first kappa shape index (κ1) is 37.5. The first-order valence-corrected chi connectivity index (χ1v) is 18.7. The van der Waals surface area contributed by atoms with E-state index in [1.54, 1.807) is 52.9 Å². The fourth-order valence-electron chi connectivity index (χ4n) is 4.36. The molecule has 10 nitrogen and oxygen atoms in total. The van der Waals surface area contributed by atoms with E-state index in [1.165, 1.54) is 17.9 Å². The van der Waals surface area contributed by atoms with Crippen molar-refractivity contribution in [3.05, 3.63) is 48.0 Å². The molecular weight excluding hydrogens is 623 g/mol. The number of amides is 3. The lowest BCUT2D eigenvalue weighted by Crippen LogP contribution is -2.58. The van der Waals surface area contributed by atoms with Crippen LogP contribution in [0.3, 0.4) is 0 Å². The molecule has 0 fully saturated rings. The van der Waals surface area contributed by atoms with Crippen molar-refractivity contribution in [1.82, 2.24) is 16.0 Å². The van der Waals surface area contributed by atoms with Crippen molar-refractivity contribution in [2.24, 2.45) is 5.92 Å². The molecule has 1 aliphatic rings. The molecule has 1 aromatic rings. The lowest BCUT2D eigenvalue weighted by atomic mass is 9.92. The van der Waals surface area contributed by atoms with E-state index >= 15 is 0 Å². The molecule has 1 unspecified atom stereocenters. The van der Waals surface area contributed by atoms with Gasteiger partial charge in [-0.25, -0.2) is 4.79 Å². The number of thioether (sulfide) groups is 1. The fourth-order valence-corrected chi connectivity index (χ4v) is 6.99. The monoisotopic (exact) mass is 667 g/mol. The summed E-state index contributed by atoms with van der Waals surface area (Å²) in [5.41, 5.74) is 0.312. The van der Waals surface area contributed by atoms with Gasteiger partial charge in [0.25, 0.3) is 0 Å². The fraction of sp³-hybridized carbons (Fsp3) is 0.581. The Kier molecular flexibility index (Phi) is 18.1. The molecule has 0 bridgehead atoms. The van der Waals surface area contributed by atoms with Crippen LogP contribution in [0.25, 0.3) is 0 Å². The molecule has 1 aromatic carbocycles. The number of esters is 2. The molecule has 13 heteroatoms. The van der Waals surface area contributed by atoms with E-state index in [0.29, 0.717) is 30.6 Å². The first-order valence-electron chi connectivity index (χ1n) is 14.8. The lowest BCUT2D eigenvalue weighted by Gasteiger charge is -2.33. The molecular formula is C31H45N3O7S3. The molecule has 44 heavy (non-hydrogen) atoms. The van der Waals surface area contributed by atoms with E-state index in [9.17, 15) is 24.0 Å². The Morgan fingerprint density at radius 1 is 1.09 bits per heavy atom. The van der Waals surface area contributed by atoms with Crippen molar-refractivity contribution >= 4 is 63.0 Å². The Labute approximate surface area is 272 Å². The van der Waals surface area contributed by atoms with Gasteiger partial charge in [-0.3, -0.25) is 19.2 Å². The summed E-state index contributed by atoms with van der Waals surface area (Å²) < 4.78 is 10.7. The molecule has 0 radical (unpaired) electrons. The minimum absolute atomic E-state index is 0.197. The number of carbonyl (C=O) groups is 5.